The van der Waals surface area contributed by atoms with Crippen LogP contribution in [0.3, 0.4) is 0 Å². The van der Waals surface area contributed by atoms with Crippen LogP contribution in [0.1, 0.15) is 19.4 Å². The van der Waals surface area contributed by atoms with Crippen LogP contribution in [0.2, 0.25) is 0 Å². The van der Waals surface area contributed by atoms with Gasteiger partial charge in [0.1, 0.15) is 0 Å². The number of amides is 1. The van der Waals surface area contributed by atoms with E-state index in [-0.39, 0.29) is 18.4 Å². The maximum atomic E-state index is 12.1. The summed E-state index contributed by atoms with van der Waals surface area (Å²) in [7, 11) is 1.87. The largest absolute Gasteiger partial charge is 0.396 e. The first-order chi connectivity index (χ1) is 9.06. The van der Waals surface area contributed by atoms with Gasteiger partial charge in [0.25, 0.3) is 0 Å². The van der Waals surface area contributed by atoms with Gasteiger partial charge in [-0.2, -0.15) is 0 Å². The van der Waals surface area contributed by atoms with E-state index in [9.17, 15) is 9.90 Å². The molecule has 0 aliphatic carbocycles. The molecule has 1 amide bonds. The van der Waals surface area contributed by atoms with Crippen LogP contribution in [0.5, 0.6) is 0 Å². The van der Waals surface area contributed by atoms with E-state index in [0.717, 1.165) is 16.9 Å². The van der Waals surface area contributed by atoms with Gasteiger partial charge in [-0.1, -0.05) is 13.8 Å². The third-order valence-electron chi connectivity index (χ3n) is 3.90. The van der Waals surface area contributed by atoms with Crippen molar-refractivity contribution in [3.05, 3.63) is 23.8 Å². The summed E-state index contributed by atoms with van der Waals surface area (Å²) in [4.78, 5) is 13.9. The Morgan fingerprint density at radius 1 is 1.42 bits per heavy atom. The normalized spacial score (nSPS) is 15.8. The summed E-state index contributed by atoms with van der Waals surface area (Å²) in [6, 6.07) is 5.99. The van der Waals surface area contributed by atoms with E-state index < -0.39 is 0 Å². The Morgan fingerprint density at radius 2 is 2.16 bits per heavy atom. The van der Waals surface area contributed by atoms with E-state index in [4.69, 9.17) is 0 Å². The van der Waals surface area contributed by atoms with Gasteiger partial charge in [-0.25, -0.2) is 0 Å². The van der Waals surface area contributed by atoms with Crippen molar-refractivity contribution in [3.63, 3.8) is 0 Å². The average molecular weight is 262 g/mol. The fourth-order valence-corrected chi connectivity index (χ4v) is 2.45. The van der Waals surface area contributed by atoms with Crippen LogP contribution in [-0.4, -0.2) is 31.2 Å². The molecule has 104 valence electrons. The summed E-state index contributed by atoms with van der Waals surface area (Å²) < 4.78 is 0. The van der Waals surface area contributed by atoms with E-state index >= 15 is 0 Å². The number of rotatable bonds is 5. The van der Waals surface area contributed by atoms with Crippen molar-refractivity contribution in [1.29, 1.82) is 0 Å². The standard InChI is InChI=1S/C15H22N2O2/c1-10(2)12(9-18)8-17-14-5-4-13(16-3)6-11(14)7-15(17)19/h4-6,10,12,16,18H,7-9H2,1-3H3. The summed E-state index contributed by atoms with van der Waals surface area (Å²) in [5.41, 5.74) is 3.08. The predicted molar refractivity (Wildman–Crippen MR) is 77.5 cm³/mol. The Hall–Kier alpha value is -1.55. The molecular formula is C15H22N2O2. The molecule has 0 saturated heterocycles. The zero-order chi connectivity index (χ0) is 14.0. The van der Waals surface area contributed by atoms with Crippen molar-refractivity contribution >= 4 is 17.3 Å². The molecular weight excluding hydrogens is 240 g/mol. The lowest BCUT2D eigenvalue weighted by Crippen LogP contribution is -2.35. The molecule has 1 aromatic rings. The number of carbonyl (C=O) groups is 1. The molecule has 1 atom stereocenters. The molecule has 0 fully saturated rings. The molecule has 1 unspecified atom stereocenters. The van der Waals surface area contributed by atoms with Gasteiger partial charge in [0.2, 0.25) is 5.91 Å². The molecule has 0 aromatic heterocycles. The van der Waals surface area contributed by atoms with Crippen molar-refractivity contribution < 1.29 is 9.90 Å². The highest BCUT2D eigenvalue weighted by molar-refractivity contribution is 6.01. The molecule has 0 saturated carbocycles. The van der Waals surface area contributed by atoms with Crippen molar-refractivity contribution in [2.45, 2.75) is 20.3 Å². The third-order valence-corrected chi connectivity index (χ3v) is 3.90. The van der Waals surface area contributed by atoms with E-state index in [2.05, 4.69) is 19.2 Å². The number of hydrogen-bond donors (Lipinski definition) is 2. The second-order valence-electron chi connectivity index (χ2n) is 5.46. The molecule has 0 bridgehead atoms. The number of aliphatic hydroxyl groups is 1. The number of aliphatic hydroxyl groups excluding tert-OH is 1. The Morgan fingerprint density at radius 3 is 2.74 bits per heavy atom. The third kappa shape index (κ3) is 2.73. The number of fused-ring (bicyclic) bond motifs is 1. The molecule has 1 aliphatic rings. The van der Waals surface area contributed by atoms with Crippen LogP contribution < -0.4 is 10.2 Å². The highest BCUT2D eigenvalue weighted by Crippen LogP contribution is 2.32. The van der Waals surface area contributed by atoms with E-state index in [0.29, 0.717) is 18.9 Å². The van der Waals surface area contributed by atoms with Crippen molar-refractivity contribution in [3.8, 4) is 0 Å². The lowest BCUT2D eigenvalue weighted by atomic mass is 9.96. The molecule has 2 rings (SSSR count). The zero-order valence-corrected chi connectivity index (χ0v) is 11.8. The topological polar surface area (TPSA) is 52.6 Å². The molecule has 0 spiro atoms. The Bertz CT molecular complexity index is 471. The zero-order valence-electron chi connectivity index (χ0n) is 11.8. The van der Waals surface area contributed by atoms with Gasteiger partial charge in [0.15, 0.2) is 0 Å². The number of hydrogen-bond acceptors (Lipinski definition) is 3. The number of carbonyl (C=O) groups excluding carboxylic acids is 1. The smallest absolute Gasteiger partial charge is 0.231 e. The maximum absolute atomic E-state index is 12.1. The number of benzene rings is 1. The Labute approximate surface area is 114 Å². The van der Waals surface area contributed by atoms with Gasteiger partial charge < -0.3 is 15.3 Å². The van der Waals surface area contributed by atoms with Crippen molar-refractivity contribution in [1.82, 2.24) is 0 Å². The van der Waals surface area contributed by atoms with Crippen LogP contribution in [0, 0.1) is 11.8 Å². The van der Waals surface area contributed by atoms with Crippen LogP contribution in [0.15, 0.2) is 18.2 Å². The maximum Gasteiger partial charge on any atom is 0.231 e. The van der Waals surface area contributed by atoms with Gasteiger partial charge in [0.05, 0.1) is 6.42 Å². The minimum atomic E-state index is 0.116. The van der Waals surface area contributed by atoms with Gasteiger partial charge in [-0.3, -0.25) is 4.79 Å². The predicted octanol–water partition coefficient (Wildman–Crippen LogP) is 1.88. The molecule has 1 aliphatic heterocycles. The summed E-state index contributed by atoms with van der Waals surface area (Å²) in [5.74, 6) is 0.611. The number of anilines is 2. The van der Waals surface area contributed by atoms with E-state index in [1.54, 1.807) is 0 Å². The van der Waals surface area contributed by atoms with Crippen LogP contribution in [-0.2, 0) is 11.2 Å². The van der Waals surface area contributed by atoms with E-state index in [1.165, 1.54) is 0 Å². The van der Waals surface area contributed by atoms with Crippen molar-refractivity contribution in [2.24, 2.45) is 11.8 Å². The first kappa shape index (κ1) is 13.9. The first-order valence-corrected chi connectivity index (χ1v) is 6.78. The number of nitrogens with one attached hydrogen (secondary N) is 1. The van der Waals surface area contributed by atoms with Crippen LogP contribution >= 0.6 is 0 Å². The van der Waals surface area contributed by atoms with Crippen LogP contribution in [0.4, 0.5) is 11.4 Å². The molecule has 0 radical (unpaired) electrons. The first-order valence-electron chi connectivity index (χ1n) is 6.78. The lowest BCUT2D eigenvalue weighted by molar-refractivity contribution is -0.117. The fraction of sp³-hybridized carbons (Fsp3) is 0.533. The number of nitrogens with zero attached hydrogens (tertiary/aromatic N) is 1. The van der Waals surface area contributed by atoms with Gasteiger partial charge >= 0.3 is 0 Å². The monoisotopic (exact) mass is 262 g/mol. The Kier molecular flexibility index (Phi) is 4.10. The molecule has 4 nitrogen and oxygen atoms in total. The SMILES string of the molecule is CNc1ccc2c(c1)CC(=O)N2CC(CO)C(C)C. The van der Waals surface area contributed by atoms with Crippen molar-refractivity contribution in [2.75, 3.05) is 30.4 Å². The van der Waals surface area contributed by atoms with Gasteiger partial charge in [-0.15, -0.1) is 0 Å². The second-order valence-corrected chi connectivity index (χ2v) is 5.46. The summed E-state index contributed by atoms with van der Waals surface area (Å²) >= 11 is 0. The highest BCUT2D eigenvalue weighted by atomic mass is 16.3. The van der Waals surface area contributed by atoms with Gasteiger partial charge in [-0.05, 0) is 29.7 Å². The molecule has 1 aromatic carbocycles. The molecule has 4 heteroatoms. The van der Waals surface area contributed by atoms with Crippen LogP contribution in [0.25, 0.3) is 0 Å². The summed E-state index contributed by atoms with van der Waals surface area (Å²) in [6.07, 6.45) is 0.459. The average Bonchev–Trinajstić information content (AvgIpc) is 2.70. The Balaban J connectivity index is 2.22. The lowest BCUT2D eigenvalue weighted by Gasteiger charge is -2.25. The quantitative estimate of drug-likeness (QED) is 0.852. The minimum absolute atomic E-state index is 0.116. The van der Waals surface area contributed by atoms with E-state index in [1.807, 2.05) is 30.1 Å². The molecule has 2 N–H and O–H groups in total. The van der Waals surface area contributed by atoms with Gasteiger partial charge in [0, 0.05) is 37.5 Å². The fourth-order valence-electron chi connectivity index (χ4n) is 2.45. The second kappa shape index (κ2) is 5.61. The minimum Gasteiger partial charge on any atom is -0.396 e. The molecule has 19 heavy (non-hydrogen) atoms. The molecule has 1 heterocycles. The highest BCUT2D eigenvalue weighted by Gasteiger charge is 2.29. The summed E-state index contributed by atoms with van der Waals surface area (Å²) in [6.45, 7) is 4.86. The summed E-state index contributed by atoms with van der Waals surface area (Å²) in [5, 5.41) is 12.5.